The van der Waals surface area contributed by atoms with Crippen LogP contribution < -0.4 is 4.72 Å². The third kappa shape index (κ3) is 6.04. The number of esters is 1. The van der Waals surface area contributed by atoms with Gasteiger partial charge in [0, 0.05) is 12.1 Å². The van der Waals surface area contributed by atoms with Crippen molar-refractivity contribution < 1.29 is 27.7 Å². The predicted octanol–water partition coefficient (Wildman–Crippen LogP) is 3.84. The third-order valence-electron chi connectivity index (χ3n) is 4.94. The molecule has 0 radical (unpaired) electrons. The maximum atomic E-state index is 12.8. The number of sulfonamides is 1. The number of hydrogen-bond donors (Lipinski definition) is 1. The molecule has 0 spiro atoms. The van der Waals surface area contributed by atoms with Crippen molar-refractivity contribution in [2.75, 3.05) is 6.61 Å². The van der Waals surface area contributed by atoms with Gasteiger partial charge in [-0.1, -0.05) is 42.5 Å². The number of allylic oxidation sites excluding steroid dienone is 1. The molecule has 3 aromatic carbocycles. The molecule has 0 aliphatic rings. The number of nitrogens with one attached hydrogen (secondary N) is 1. The fraction of sp³-hybridized carbons (Fsp3) is 0.167. The van der Waals surface area contributed by atoms with Crippen LogP contribution in [0.25, 0.3) is 16.8 Å². The first-order chi connectivity index (χ1) is 16.2. The van der Waals surface area contributed by atoms with Crippen LogP contribution in [0.2, 0.25) is 0 Å². The Morgan fingerprint density at radius 1 is 1.06 bits per heavy atom. The van der Waals surface area contributed by atoms with Crippen molar-refractivity contribution in [2.24, 2.45) is 5.92 Å². The number of nitro benzene ring substituents is 1. The number of carbonyl (C=O) groups excluding carboxylic acids is 2. The van der Waals surface area contributed by atoms with Gasteiger partial charge in [0.15, 0.2) is 0 Å². The average Bonchev–Trinajstić information content (AvgIpc) is 2.81. The van der Waals surface area contributed by atoms with E-state index in [9.17, 15) is 28.1 Å². The number of hydrogen-bond acceptors (Lipinski definition) is 7. The topological polar surface area (TPSA) is 133 Å². The van der Waals surface area contributed by atoms with Gasteiger partial charge in [-0.05, 0) is 53.9 Å². The quantitative estimate of drug-likeness (QED) is 0.212. The van der Waals surface area contributed by atoms with Crippen LogP contribution in [0.4, 0.5) is 5.69 Å². The zero-order chi connectivity index (χ0) is 24.7. The Hall–Kier alpha value is -4.05. The number of amides is 1. The fourth-order valence-electron chi connectivity index (χ4n) is 3.20. The molecule has 0 aliphatic heterocycles. The van der Waals surface area contributed by atoms with Crippen LogP contribution in [-0.4, -0.2) is 31.8 Å². The number of non-ortho nitro benzene ring substituents is 1. The molecule has 0 aromatic heterocycles. The first-order valence-corrected chi connectivity index (χ1v) is 11.8. The summed E-state index contributed by atoms with van der Waals surface area (Å²) < 4.78 is 32.5. The fourth-order valence-corrected chi connectivity index (χ4v) is 4.25. The van der Waals surface area contributed by atoms with Gasteiger partial charge in [-0.3, -0.25) is 19.7 Å². The summed E-state index contributed by atoms with van der Waals surface area (Å²) in [5.41, 5.74) is 0.539. The standard InChI is InChI=1S/C24H22N2O7S/c1-2-33-24(28)22(9-5-6-17-10-13-20(14-11-17)26(29)30)23(27)25-34(31,32)21-15-12-18-7-3-4-8-19(18)16-21/h3-8,10-16,22H,2,9H2,1H3,(H,25,27)/b6-5+. The van der Waals surface area contributed by atoms with Crippen LogP contribution in [0.1, 0.15) is 18.9 Å². The van der Waals surface area contributed by atoms with Crippen LogP contribution in [0, 0.1) is 16.0 Å². The van der Waals surface area contributed by atoms with E-state index in [1.54, 1.807) is 31.2 Å². The Labute approximate surface area is 196 Å². The molecule has 0 heterocycles. The van der Waals surface area contributed by atoms with Gasteiger partial charge in [-0.15, -0.1) is 0 Å². The second kappa shape index (κ2) is 10.7. The normalized spacial score (nSPS) is 12.4. The van der Waals surface area contributed by atoms with Gasteiger partial charge in [0.25, 0.3) is 15.7 Å². The summed E-state index contributed by atoms with van der Waals surface area (Å²) in [5, 5.41) is 12.3. The number of fused-ring (bicyclic) bond motifs is 1. The maximum absolute atomic E-state index is 12.8. The predicted molar refractivity (Wildman–Crippen MR) is 126 cm³/mol. The van der Waals surface area contributed by atoms with Gasteiger partial charge in [0.05, 0.1) is 16.4 Å². The molecule has 0 bridgehead atoms. The van der Waals surface area contributed by atoms with Gasteiger partial charge in [-0.25, -0.2) is 13.1 Å². The average molecular weight is 483 g/mol. The lowest BCUT2D eigenvalue weighted by atomic mass is 10.0. The summed E-state index contributed by atoms with van der Waals surface area (Å²) >= 11 is 0. The highest BCUT2D eigenvalue weighted by atomic mass is 32.2. The van der Waals surface area contributed by atoms with Gasteiger partial charge >= 0.3 is 5.97 Å². The first-order valence-electron chi connectivity index (χ1n) is 10.3. The van der Waals surface area contributed by atoms with E-state index >= 15 is 0 Å². The molecule has 3 rings (SSSR count). The van der Waals surface area contributed by atoms with Crippen molar-refractivity contribution in [3.63, 3.8) is 0 Å². The van der Waals surface area contributed by atoms with Crippen molar-refractivity contribution in [3.05, 3.63) is 88.5 Å². The highest BCUT2D eigenvalue weighted by Gasteiger charge is 2.30. The molecule has 0 saturated heterocycles. The van der Waals surface area contributed by atoms with Gasteiger partial charge in [0.2, 0.25) is 5.91 Å². The molecule has 1 amide bonds. The van der Waals surface area contributed by atoms with Crippen molar-refractivity contribution in [1.82, 2.24) is 4.72 Å². The third-order valence-corrected chi connectivity index (χ3v) is 6.28. The van der Waals surface area contributed by atoms with Crippen molar-refractivity contribution in [2.45, 2.75) is 18.2 Å². The maximum Gasteiger partial charge on any atom is 0.318 e. The van der Waals surface area contributed by atoms with Crippen LogP contribution >= 0.6 is 0 Å². The monoisotopic (exact) mass is 482 g/mol. The Kier molecular flexibility index (Phi) is 7.75. The van der Waals surface area contributed by atoms with E-state index in [1.807, 2.05) is 16.9 Å². The second-order valence-electron chi connectivity index (χ2n) is 7.27. The van der Waals surface area contributed by atoms with Crippen LogP contribution in [0.15, 0.2) is 77.7 Å². The molecular formula is C24H22N2O7S. The molecule has 0 aliphatic carbocycles. The zero-order valence-corrected chi connectivity index (χ0v) is 19.0. The molecule has 10 heteroatoms. The highest BCUT2D eigenvalue weighted by molar-refractivity contribution is 7.90. The Balaban J connectivity index is 1.77. The summed E-state index contributed by atoms with van der Waals surface area (Å²) in [5.74, 6) is -3.27. The smallest absolute Gasteiger partial charge is 0.318 e. The van der Waals surface area contributed by atoms with Gasteiger partial charge in [-0.2, -0.15) is 0 Å². The Morgan fingerprint density at radius 2 is 1.74 bits per heavy atom. The molecule has 176 valence electrons. The van der Waals surface area contributed by atoms with Gasteiger partial charge < -0.3 is 4.74 Å². The molecule has 1 N–H and O–H groups in total. The number of ether oxygens (including phenoxy) is 1. The van der Waals surface area contributed by atoms with Gasteiger partial charge in [0.1, 0.15) is 5.92 Å². The number of carbonyl (C=O) groups is 2. The van der Waals surface area contributed by atoms with Crippen molar-refractivity contribution in [3.8, 4) is 0 Å². The number of nitro groups is 1. The summed E-state index contributed by atoms with van der Waals surface area (Å²) in [6.45, 7) is 1.59. The molecule has 1 atom stereocenters. The van der Waals surface area contributed by atoms with E-state index in [0.717, 1.165) is 5.39 Å². The number of rotatable bonds is 9. The van der Waals surface area contributed by atoms with E-state index in [-0.39, 0.29) is 23.6 Å². The summed E-state index contributed by atoms with van der Waals surface area (Å²) in [6, 6.07) is 17.3. The van der Waals surface area contributed by atoms with E-state index in [4.69, 9.17) is 4.74 Å². The molecule has 34 heavy (non-hydrogen) atoms. The number of benzene rings is 3. The van der Waals surface area contributed by atoms with Crippen LogP contribution in [0.3, 0.4) is 0 Å². The van der Waals surface area contributed by atoms with E-state index < -0.39 is 32.7 Å². The van der Waals surface area contributed by atoms with Crippen LogP contribution in [0.5, 0.6) is 0 Å². The molecule has 1 unspecified atom stereocenters. The first kappa shape index (κ1) is 24.6. The summed E-state index contributed by atoms with van der Waals surface area (Å²) in [7, 11) is -4.23. The zero-order valence-electron chi connectivity index (χ0n) is 18.2. The highest BCUT2D eigenvalue weighted by Crippen LogP contribution is 2.20. The minimum absolute atomic E-state index is 0.0199. The second-order valence-corrected chi connectivity index (χ2v) is 8.95. The molecule has 0 saturated carbocycles. The minimum atomic E-state index is -4.23. The van der Waals surface area contributed by atoms with E-state index in [0.29, 0.717) is 10.9 Å². The SMILES string of the molecule is CCOC(=O)C(C/C=C/c1ccc([N+](=O)[O-])cc1)C(=O)NS(=O)(=O)c1ccc2ccccc2c1. The summed E-state index contributed by atoms with van der Waals surface area (Å²) in [4.78, 5) is 35.3. The lowest BCUT2D eigenvalue weighted by Gasteiger charge is -2.14. The van der Waals surface area contributed by atoms with E-state index in [2.05, 4.69) is 0 Å². The molecule has 3 aromatic rings. The minimum Gasteiger partial charge on any atom is -0.465 e. The Morgan fingerprint density at radius 3 is 2.38 bits per heavy atom. The molecular weight excluding hydrogens is 460 g/mol. The lowest BCUT2D eigenvalue weighted by Crippen LogP contribution is -2.39. The lowest BCUT2D eigenvalue weighted by molar-refractivity contribution is -0.384. The van der Waals surface area contributed by atoms with Crippen molar-refractivity contribution >= 4 is 44.4 Å². The van der Waals surface area contributed by atoms with Crippen LogP contribution in [-0.2, 0) is 24.3 Å². The Bertz CT molecular complexity index is 1350. The van der Waals surface area contributed by atoms with Crippen molar-refractivity contribution in [1.29, 1.82) is 0 Å². The molecule has 9 nitrogen and oxygen atoms in total. The largest absolute Gasteiger partial charge is 0.465 e. The number of nitrogens with zero attached hydrogens (tertiary/aromatic N) is 1. The van der Waals surface area contributed by atoms with E-state index in [1.165, 1.54) is 42.5 Å². The summed E-state index contributed by atoms with van der Waals surface area (Å²) in [6.07, 6.45) is 2.95. The molecule has 0 fully saturated rings.